The molecule has 4 aromatic rings. The number of aromatic nitrogens is 3. The molecule has 1 amide bonds. The lowest BCUT2D eigenvalue weighted by atomic mass is 10.1. The van der Waals surface area contributed by atoms with Gasteiger partial charge in [0.25, 0.3) is 0 Å². The fourth-order valence-electron chi connectivity index (χ4n) is 2.96. The summed E-state index contributed by atoms with van der Waals surface area (Å²) >= 11 is 0. The Morgan fingerprint density at radius 2 is 1.69 bits per heavy atom. The Balaban J connectivity index is 0.000000249. The van der Waals surface area contributed by atoms with Crippen LogP contribution in [0.5, 0.6) is 0 Å². The fourth-order valence-corrected chi connectivity index (χ4v) is 2.96. The molecule has 2 heterocycles. The van der Waals surface area contributed by atoms with Gasteiger partial charge in [0, 0.05) is 23.6 Å². The molecule has 1 aliphatic carbocycles. The summed E-state index contributed by atoms with van der Waals surface area (Å²) in [5, 5.41) is 7.42. The van der Waals surface area contributed by atoms with E-state index < -0.39 is 0 Å². The molecule has 0 aliphatic heterocycles. The molecule has 5 nitrogen and oxygen atoms in total. The van der Waals surface area contributed by atoms with Crippen molar-refractivity contribution in [3.8, 4) is 11.3 Å². The second-order valence-electron chi connectivity index (χ2n) is 7.01. The Bertz CT molecular complexity index is 1120. The van der Waals surface area contributed by atoms with E-state index in [0.717, 1.165) is 35.4 Å². The van der Waals surface area contributed by atoms with E-state index in [1.165, 1.54) is 12.1 Å². The average molecular weight is 388 g/mol. The standard InChI is InChI=1S/C17H16N4O.C6H5F/c1-11-9-16-18-15(19-17(22)13-7-8-13)10-14(21(16)20-11)12-5-3-2-4-6-12;7-6-4-2-1-3-5-6/h2-6,9-10,13H,7-8H2,1H3,(H,18,19,22);1-5H. The molecule has 2 aromatic heterocycles. The van der Waals surface area contributed by atoms with Crippen molar-refractivity contribution >= 4 is 17.4 Å². The highest BCUT2D eigenvalue weighted by Crippen LogP contribution is 2.30. The molecule has 6 heteroatoms. The highest BCUT2D eigenvalue weighted by Gasteiger charge is 2.30. The molecule has 0 unspecified atom stereocenters. The van der Waals surface area contributed by atoms with Gasteiger partial charge in [-0.05, 0) is 31.9 Å². The van der Waals surface area contributed by atoms with Crippen LogP contribution < -0.4 is 5.32 Å². The topological polar surface area (TPSA) is 59.3 Å². The lowest BCUT2D eigenvalue weighted by Gasteiger charge is -2.09. The number of anilines is 1. The maximum atomic E-state index is 12.0. The average Bonchev–Trinajstić information content (AvgIpc) is 3.51. The maximum absolute atomic E-state index is 12.0. The molecular weight excluding hydrogens is 367 g/mol. The molecule has 0 saturated heterocycles. The molecule has 1 saturated carbocycles. The number of carbonyl (C=O) groups is 1. The second kappa shape index (κ2) is 8.22. The number of fused-ring (bicyclic) bond motifs is 1. The minimum Gasteiger partial charge on any atom is -0.310 e. The highest BCUT2D eigenvalue weighted by atomic mass is 19.1. The van der Waals surface area contributed by atoms with Crippen LogP contribution in [0.4, 0.5) is 10.2 Å². The molecule has 1 fully saturated rings. The second-order valence-corrected chi connectivity index (χ2v) is 7.01. The Labute approximate surface area is 168 Å². The van der Waals surface area contributed by atoms with Gasteiger partial charge in [-0.15, -0.1) is 0 Å². The van der Waals surface area contributed by atoms with Gasteiger partial charge < -0.3 is 5.32 Å². The first-order valence-corrected chi connectivity index (χ1v) is 9.54. The van der Waals surface area contributed by atoms with Crippen LogP contribution in [-0.4, -0.2) is 20.5 Å². The first-order chi connectivity index (χ1) is 14.1. The molecule has 2 aromatic carbocycles. The van der Waals surface area contributed by atoms with Crippen molar-refractivity contribution in [1.29, 1.82) is 0 Å². The van der Waals surface area contributed by atoms with Crippen LogP contribution in [0, 0.1) is 18.7 Å². The number of amides is 1. The summed E-state index contributed by atoms with van der Waals surface area (Å²) in [6.07, 6.45) is 1.96. The Hall–Kier alpha value is -3.54. The van der Waals surface area contributed by atoms with Gasteiger partial charge in [-0.1, -0.05) is 48.5 Å². The SMILES string of the molecule is Cc1cc2nc(NC(=O)C3CC3)cc(-c3ccccc3)n2n1.Fc1ccccc1. The van der Waals surface area contributed by atoms with Crippen LogP contribution >= 0.6 is 0 Å². The summed E-state index contributed by atoms with van der Waals surface area (Å²) in [7, 11) is 0. The largest absolute Gasteiger partial charge is 0.310 e. The molecule has 29 heavy (non-hydrogen) atoms. The summed E-state index contributed by atoms with van der Waals surface area (Å²) in [6.45, 7) is 1.94. The molecule has 0 bridgehead atoms. The van der Waals surface area contributed by atoms with Crippen molar-refractivity contribution in [1.82, 2.24) is 14.6 Å². The van der Waals surface area contributed by atoms with Crippen LogP contribution in [0.1, 0.15) is 18.5 Å². The smallest absolute Gasteiger partial charge is 0.228 e. The van der Waals surface area contributed by atoms with Crippen LogP contribution in [0.3, 0.4) is 0 Å². The third kappa shape index (κ3) is 4.66. The molecule has 0 atom stereocenters. The number of halogens is 1. The quantitative estimate of drug-likeness (QED) is 0.544. The lowest BCUT2D eigenvalue weighted by Crippen LogP contribution is -2.15. The number of nitrogens with zero attached hydrogens (tertiary/aromatic N) is 3. The monoisotopic (exact) mass is 388 g/mol. The van der Waals surface area contributed by atoms with Gasteiger partial charge in [0.05, 0.1) is 11.4 Å². The van der Waals surface area contributed by atoms with Crippen LogP contribution in [0.25, 0.3) is 16.9 Å². The fraction of sp³-hybridized carbons (Fsp3) is 0.174. The normalized spacial score (nSPS) is 12.9. The predicted octanol–water partition coefficient (Wildman–Crippen LogP) is 4.88. The van der Waals surface area contributed by atoms with E-state index >= 15 is 0 Å². The van der Waals surface area contributed by atoms with Gasteiger partial charge in [-0.25, -0.2) is 13.9 Å². The lowest BCUT2D eigenvalue weighted by molar-refractivity contribution is -0.117. The van der Waals surface area contributed by atoms with Crippen molar-refractivity contribution < 1.29 is 9.18 Å². The van der Waals surface area contributed by atoms with Crippen LogP contribution in [0.15, 0.2) is 72.8 Å². The van der Waals surface area contributed by atoms with E-state index in [-0.39, 0.29) is 17.6 Å². The summed E-state index contributed by atoms with van der Waals surface area (Å²) in [4.78, 5) is 16.5. The van der Waals surface area contributed by atoms with Crippen molar-refractivity contribution in [3.63, 3.8) is 0 Å². The number of rotatable bonds is 3. The molecule has 0 spiro atoms. The van der Waals surface area contributed by atoms with Crippen molar-refractivity contribution in [2.75, 3.05) is 5.32 Å². The van der Waals surface area contributed by atoms with Gasteiger partial charge in [0.2, 0.25) is 5.91 Å². The summed E-state index contributed by atoms with van der Waals surface area (Å²) in [5.41, 5.74) is 3.60. The summed E-state index contributed by atoms with van der Waals surface area (Å²) < 4.78 is 13.7. The molecule has 5 rings (SSSR count). The van der Waals surface area contributed by atoms with E-state index in [9.17, 15) is 9.18 Å². The zero-order valence-corrected chi connectivity index (χ0v) is 16.0. The van der Waals surface area contributed by atoms with E-state index in [0.29, 0.717) is 5.82 Å². The van der Waals surface area contributed by atoms with Gasteiger partial charge in [-0.2, -0.15) is 5.10 Å². The molecule has 146 valence electrons. The number of hydrogen-bond acceptors (Lipinski definition) is 3. The maximum Gasteiger partial charge on any atom is 0.228 e. The van der Waals surface area contributed by atoms with Crippen molar-refractivity contribution in [2.24, 2.45) is 5.92 Å². The van der Waals surface area contributed by atoms with Gasteiger partial charge >= 0.3 is 0 Å². The summed E-state index contributed by atoms with van der Waals surface area (Å²) in [5.74, 6) is 0.627. The number of nitrogens with one attached hydrogen (secondary N) is 1. The number of carbonyl (C=O) groups excluding carboxylic acids is 1. The first kappa shape index (κ1) is 18.8. The Morgan fingerprint density at radius 3 is 2.28 bits per heavy atom. The Kier molecular flexibility index (Phi) is 5.33. The first-order valence-electron chi connectivity index (χ1n) is 9.54. The third-order valence-electron chi connectivity index (χ3n) is 4.55. The van der Waals surface area contributed by atoms with E-state index in [4.69, 9.17) is 0 Å². The van der Waals surface area contributed by atoms with Gasteiger partial charge in [-0.3, -0.25) is 4.79 Å². The van der Waals surface area contributed by atoms with Gasteiger partial charge in [0.1, 0.15) is 11.6 Å². The molecular formula is C23H21FN4O. The van der Waals surface area contributed by atoms with Crippen molar-refractivity contribution in [3.05, 3.63) is 84.3 Å². The van der Waals surface area contributed by atoms with E-state index in [1.807, 2.05) is 53.9 Å². The minimum absolute atomic E-state index is 0.0621. The van der Waals surface area contributed by atoms with Crippen LogP contribution in [0.2, 0.25) is 0 Å². The zero-order valence-electron chi connectivity index (χ0n) is 16.0. The minimum atomic E-state index is -0.178. The summed E-state index contributed by atoms with van der Waals surface area (Å²) in [6, 6.07) is 21.7. The van der Waals surface area contributed by atoms with Crippen LogP contribution in [-0.2, 0) is 4.79 Å². The molecule has 0 radical (unpaired) electrons. The molecule has 1 aliphatic rings. The Morgan fingerprint density at radius 1 is 1.03 bits per heavy atom. The van der Waals surface area contributed by atoms with Gasteiger partial charge in [0.15, 0.2) is 5.65 Å². The highest BCUT2D eigenvalue weighted by molar-refractivity contribution is 5.93. The van der Waals surface area contributed by atoms with E-state index in [2.05, 4.69) is 15.4 Å². The van der Waals surface area contributed by atoms with Crippen molar-refractivity contribution in [2.45, 2.75) is 19.8 Å². The molecule has 1 N–H and O–H groups in total. The number of hydrogen-bond donors (Lipinski definition) is 1. The predicted molar refractivity (Wildman–Crippen MR) is 111 cm³/mol. The zero-order chi connectivity index (χ0) is 20.2. The number of aryl methyl sites for hydroxylation is 1. The third-order valence-corrected chi connectivity index (χ3v) is 4.55. The number of benzene rings is 2. The van der Waals surface area contributed by atoms with E-state index in [1.54, 1.807) is 18.2 Å².